The van der Waals surface area contributed by atoms with Crippen molar-refractivity contribution < 1.29 is 49.3 Å². The van der Waals surface area contributed by atoms with Gasteiger partial charge in [0.2, 0.25) is 0 Å². The number of ether oxygens (including phenoxy) is 4. The number of Topliss-reactive ketones (excluding diaryl/α,β-unsaturated/α-hetero) is 1. The third-order valence-electron chi connectivity index (χ3n) is 6.54. The SMILES string of the molecule is COc1cc2ccc1Oc1cc(ccc1O)C[C@H](O[C@@H]1O[C@H](CO)[C@@H](O)[C@H](O)[C@H]1O)C(=O)CCCC2. The number of hydrogen-bond acceptors (Lipinski definition) is 10. The molecule has 5 N–H and O–H groups in total. The third kappa shape index (κ3) is 5.80. The zero-order valence-electron chi connectivity index (χ0n) is 19.9. The van der Waals surface area contributed by atoms with Crippen LogP contribution in [0.3, 0.4) is 0 Å². The summed E-state index contributed by atoms with van der Waals surface area (Å²) in [6.07, 6.45) is -6.12. The summed E-state index contributed by atoms with van der Waals surface area (Å²) in [6.45, 7) is -0.606. The smallest absolute Gasteiger partial charge is 0.187 e. The van der Waals surface area contributed by atoms with E-state index in [1.54, 1.807) is 18.2 Å². The van der Waals surface area contributed by atoms with E-state index in [0.29, 0.717) is 29.9 Å². The second kappa shape index (κ2) is 11.5. The summed E-state index contributed by atoms with van der Waals surface area (Å²) in [4.78, 5) is 13.2. The molecule has 3 heterocycles. The molecule has 2 aromatic rings. The zero-order valence-corrected chi connectivity index (χ0v) is 19.9. The number of benzene rings is 2. The van der Waals surface area contributed by atoms with E-state index < -0.39 is 43.4 Å². The van der Waals surface area contributed by atoms with Crippen molar-refractivity contribution in [3.8, 4) is 23.0 Å². The molecule has 0 aromatic heterocycles. The monoisotopic (exact) mass is 504 g/mol. The van der Waals surface area contributed by atoms with Crippen LogP contribution in [0.4, 0.5) is 0 Å². The molecule has 0 radical (unpaired) electrons. The van der Waals surface area contributed by atoms with Crippen LogP contribution in [0.25, 0.3) is 0 Å². The van der Waals surface area contributed by atoms with E-state index in [1.807, 2.05) is 12.1 Å². The molecule has 5 rings (SSSR count). The average Bonchev–Trinajstić information content (AvgIpc) is 2.88. The lowest BCUT2D eigenvalue weighted by Crippen LogP contribution is -2.60. The first-order chi connectivity index (χ1) is 17.3. The molecule has 1 fully saturated rings. The van der Waals surface area contributed by atoms with Crippen LogP contribution in [0.2, 0.25) is 0 Å². The number of carbonyl (C=O) groups excluding carboxylic acids is 1. The molecule has 0 saturated carbocycles. The minimum Gasteiger partial charge on any atom is -0.504 e. The first-order valence-electron chi connectivity index (χ1n) is 12.0. The van der Waals surface area contributed by atoms with Crippen molar-refractivity contribution in [3.63, 3.8) is 0 Å². The normalized spacial score (nSPS) is 29.2. The van der Waals surface area contributed by atoms with Gasteiger partial charge < -0.3 is 44.5 Å². The van der Waals surface area contributed by atoms with Crippen molar-refractivity contribution in [2.75, 3.05) is 13.7 Å². The van der Waals surface area contributed by atoms with Gasteiger partial charge >= 0.3 is 0 Å². The van der Waals surface area contributed by atoms with Gasteiger partial charge in [-0.3, -0.25) is 4.79 Å². The van der Waals surface area contributed by atoms with E-state index in [1.165, 1.54) is 13.2 Å². The van der Waals surface area contributed by atoms with Gasteiger partial charge in [0.25, 0.3) is 0 Å². The van der Waals surface area contributed by atoms with Crippen molar-refractivity contribution in [1.29, 1.82) is 0 Å². The highest BCUT2D eigenvalue weighted by Gasteiger charge is 2.45. The Morgan fingerprint density at radius 3 is 2.44 bits per heavy atom. The van der Waals surface area contributed by atoms with Gasteiger partial charge in [-0.15, -0.1) is 0 Å². The number of rotatable bonds is 4. The van der Waals surface area contributed by atoms with Gasteiger partial charge in [-0.2, -0.15) is 0 Å². The molecule has 1 saturated heterocycles. The standard InChI is InChI=1S/C26H32O10/c1-33-21-10-14-4-2-3-5-16(28)20(35-26-25(32)24(31)23(30)22(13-27)36-26)12-15-6-8-17(29)19(11-15)34-18(21)9-7-14/h6-11,20,22-27,29-32H,2-5,12-13H2,1H3/t20-,22+,23+,24-,25+,26+/m0/s1. The third-order valence-corrected chi connectivity index (χ3v) is 6.54. The Morgan fingerprint density at radius 1 is 0.944 bits per heavy atom. The van der Waals surface area contributed by atoms with Crippen molar-refractivity contribution >= 4 is 5.78 Å². The number of hydrogen-bond donors (Lipinski definition) is 5. The minimum absolute atomic E-state index is 0.0695. The Hall–Kier alpha value is -2.73. The molecule has 10 nitrogen and oxygen atoms in total. The van der Waals surface area contributed by atoms with Gasteiger partial charge in [-0.05, 0) is 54.7 Å². The number of fused-ring (bicyclic) bond motifs is 8. The summed E-state index contributed by atoms with van der Waals surface area (Å²) < 4.78 is 22.7. The van der Waals surface area contributed by atoms with E-state index in [2.05, 4.69) is 0 Å². The van der Waals surface area contributed by atoms with Crippen LogP contribution in [0.5, 0.6) is 23.0 Å². The number of aromatic hydroxyl groups is 1. The van der Waals surface area contributed by atoms with Gasteiger partial charge in [0.05, 0.1) is 13.7 Å². The molecular formula is C26H32O10. The lowest BCUT2D eigenvalue weighted by molar-refractivity contribution is -0.308. The van der Waals surface area contributed by atoms with E-state index in [0.717, 1.165) is 12.0 Å². The zero-order chi connectivity index (χ0) is 25.8. The van der Waals surface area contributed by atoms with Crippen molar-refractivity contribution in [2.24, 2.45) is 0 Å². The topological polar surface area (TPSA) is 155 Å². The highest BCUT2D eigenvalue weighted by Crippen LogP contribution is 2.38. The summed E-state index contributed by atoms with van der Waals surface area (Å²) in [6, 6.07) is 10.2. The predicted molar refractivity (Wildman–Crippen MR) is 126 cm³/mol. The van der Waals surface area contributed by atoms with E-state index in [9.17, 15) is 30.3 Å². The molecule has 2 aromatic carbocycles. The Labute approximate surface area is 208 Å². The summed E-state index contributed by atoms with van der Waals surface area (Å²) >= 11 is 0. The summed E-state index contributed by atoms with van der Waals surface area (Å²) in [7, 11) is 1.54. The molecule has 6 atom stereocenters. The largest absolute Gasteiger partial charge is 0.504 e. The van der Waals surface area contributed by atoms with Gasteiger partial charge in [-0.25, -0.2) is 0 Å². The van der Waals surface area contributed by atoms with Gasteiger partial charge in [0, 0.05) is 12.8 Å². The number of phenolic OH excluding ortho intramolecular Hbond substituents is 1. The minimum atomic E-state index is -1.63. The first kappa shape index (κ1) is 26.3. The molecule has 0 unspecified atom stereocenters. The second-order valence-corrected chi connectivity index (χ2v) is 9.09. The van der Waals surface area contributed by atoms with Crippen LogP contribution >= 0.6 is 0 Å². The molecular weight excluding hydrogens is 472 g/mol. The van der Waals surface area contributed by atoms with E-state index >= 15 is 0 Å². The Kier molecular flexibility index (Phi) is 8.45. The van der Waals surface area contributed by atoms with Crippen molar-refractivity contribution in [3.05, 3.63) is 47.5 Å². The lowest BCUT2D eigenvalue weighted by atomic mass is 9.97. The second-order valence-electron chi connectivity index (χ2n) is 9.09. The van der Waals surface area contributed by atoms with Crippen LogP contribution in [0, 0.1) is 0 Å². The number of carbonyl (C=O) groups is 1. The molecule has 4 bridgehead atoms. The molecule has 3 aliphatic heterocycles. The molecule has 196 valence electrons. The number of methoxy groups -OCH3 is 1. The van der Waals surface area contributed by atoms with Gasteiger partial charge in [0.1, 0.15) is 30.5 Å². The molecule has 3 aliphatic rings. The van der Waals surface area contributed by atoms with Crippen LogP contribution in [-0.2, 0) is 27.1 Å². The lowest BCUT2D eigenvalue weighted by Gasteiger charge is -2.40. The quantitative estimate of drug-likeness (QED) is 0.410. The number of ketones is 1. The van der Waals surface area contributed by atoms with Crippen LogP contribution in [-0.4, -0.2) is 81.8 Å². The fourth-order valence-electron chi connectivity index (χ4n) is 4.42. The predicted octanol–water partition coefficient (Wildman–Crippen LogP) is 1.22. The molecule has 10 heteroatoms. The number of phenols is 1. The number of aliphatic hydroxyl groups is 4. The number of aryl methyl sites for hydroxylation is 1. The Bertz CT molecular complexity index is 1060. The average molecular weight is 505 g/mol. The summed E-state index contributed by atoms with van der Waals surface area (Å²) in [5, 5.41) is 50.4. The van der Waals surface area contributed by atoms with Crippen LogP contribution in [0.15, 0.2) is 36.4 Å². The van der Waals surface area contributed by atoms with Gasteiger partial charge in [0.15, 0.2) is 35.1 Å². The molecule has 36 heavy (non-hydrogen) atoms. The van der Waals surface area contributed by atoms with Crippen LogP contribution in [0.1, 0.15) is 30.4 Å². The highest BCUT2D eigenvalue weighted by molar-refractivity contribution is 5.83. The van der Waals surface area contributed by atoms with Crippen molar-refractivity contribution in [2.45, 2.75) is 68.9 Å². The maximum absolute atomic E-state index is 13.2. The van der Waals surface area contributed by atoms with Crippen LogP contribution < -0.4 is 9.47 Å². The molecule has 0 spiro atoms. The molecule has 0 amide bonds. The summed E-state index contributed by atoms with van der Waals surface area (Å²) in [5.74, 6) is 0.768. The summed E-state index contributed by atoms with van der Waals surface area (Å²) in [5.41, 5.74) is 1.62. The van der Waals surface area contributed by atoms with E-state index in [-0.39, 0.29) is 30.1 Å². The molecule has 0 aliphatic carbocycles. The Balaban J connectivity index is 1.62. The fourth-order valence-corrected chi connectivity index (χ4v) is 4.42. The van der Waals surface area contributed by atoms with Crippen molar-refractivity contribution in [1.82, 2.24) is 0 Å². The van der Waals surface area contributed by atoms with Gasteiger partial charge in [-0.1, -0.05) is 12.1 Å². The Morgan fingerprint density at radius 2 is 1.69 bits per heavy atom. The maximum Gasteiger partial charge on any atom is 0.187 e. The fraction of sp³-hybridized carbons (Fsp3) is 0.500. The number of aliphatic hydroxyl groups excluding tert-OH is 4. The highest BCUT2D eigenvalue weighted by atomic mass is 16.7. The first-order valence-corrected chi connectivity index (χ1v) is 12.0. The maximum atomic E-state index is 13.2. The van der Waals surface area contributed by atoms with E-state index in [4.69, 9.17) is 18.9 Å².